The van der Waals surface area contributed by atoms with Crippen LogP contribution in [0.4, 0.5) is 11.4 Å². The molecule has 0 aromatic heterocycles. The molecule has 0 bridgehead atoms. The Kier molecular flexibility index (Phi) is 8.49. The highest BCUT2D eigenvalue weighted by Crippen LogP contribution is 2.41. The number of amides is 1. The van der Waals surface area contributed by atoms with E-state index in [1.54, 1.807) is 4.90 Å². The summed E-state index contributed by atoms with van der Waals surface area (Å²) in [5.74, 6) is 1.11. The van der Waals surface area contributed by atoms with Crippen molar-refractivity contribution in [2.45, 2.75) is 20.5 Å². The summed E-state index contributed by atoms with van der Waals surface area (Å²) in [6.07, 6.45) is 1.87. The number of nitrogens with zero attached hydrogens (tertiary/aromatic N) is 2. The molecule has 0 radical (unpaired) electrons. The van der Waals surface area contributed by atoms with Crippen molar-refractivity contribution in [2.24, 2.45) is 4.99 Å². The first-order chi connectivity index (χ1) is 19.0. The molecule has 196 valence electrons. The molecule has 1 saturated heterocycles. The molecule has 5 nitrogen and oxygen atoms in total. The number of halogens is 1. The van der Waals surface area contributed by atoms with Gasteiger partial charge in [0.1, 0.15) is 6.61 Å². The van der Waals surface area contributed by atoms with Crippen LogP contribution in [0.2, 0.25) is 0 Å². The normalized spacial score (nSPS) is 15.3. The van der Waals surface area contributed by atoms with Crippen LogP contribution < -0.4 is 14.4 Å². The van der Waals surface area contributed by atoms with Crippen LogP contribution in [0.3, 0.4) is 0 Å². The summed E-state index contributed by atoms with van der Waals surface area (Å²) in [5, 5.41) is 0.603. The molecular weight excluding hydrogens is 572 g/mol. The van der Waals surface area contributed by atoms with Gasteiger partial charge in [0, 0.05) is 0 Å². The van der Waals surface area contributed by atoms with Crippen LogP contribution in [0.1, 0.15) is 23.6 Å². The van der Waals surface area contributed by atoms with Gasteiger partial charge in [0.15, 0.2) is 16.7 Å². The molecule has 7 heteroatoms. The minimum Gasteiger partial charge on any atom is -0.490 e. The van der Waals surface area contributed by atoms with Gasteiger partial charge in [-0.2, -0.15) is 0 Å². The van der Waals surface area contributed by atoms with Crippen molar-refractivity contribution in [3.8, 4) is 11.5 Å². The Hall–Kier alpha value is -3.81. The van der Waals surface area contributed by atoms with E-state index in [1.807, 2.05) is 85.8 Å². The molecule has 4 aromatic carbocycles. The van der Waals surface area contributed by atoms with E-state index in [9.17, 15) is 4.79 Å². The van der Waals surface area contributed by atoms with Gasteiger partial charge in [0.25, 0.3) is 5.91 Å². The van der Waals surface area contributed by atoms with E-state index in [0.29, 0.717) is 34.8 Å². The number of ether oxygens (including phenoxy) is 2. The largest absolute Gasteiger partial charge is 0.490 e. The molecule has 1 heterocycles. The summed E-state index contributed by atoms with van der Waals surface area (Å²) in [6.45, 7) is 4.89. The fourth-order valence-electron chi connectivity index (χ4n) is 4.03. The number of carbonyl (C=O) groups is 1. The zero-order valence-electron chi connectivity index (χ0n) is 21.6. The van der Waals surface area contributed by atoms with Crippen molar-refractivity contribution in [3.05, 3.63) is 123 Å². The summed E-state index contributed by atoms with van der Waals surface area (Å²) in [4.78, 5) is 20.7. The van der Waals surface area contributed by atoms with E-state index >= 15 is 0 Å². The highest BCUT2D eigenvalue weighted by molar-refractivity contribution is 9.10. The van der Waals surface area contributed by atoms with Crippen molar-refractivity contribution in [1.82, 2.24) is 0 Å². The van der Waals surface area contributed by atoms with Gasteiger partial charge in [-0.05, 0) is 95.1 Å². The second-order valence-corrected chi connectivity index (χ2v) is 10.7. The Morgan fingerprint density at radius 2 is 1.62 bits per heavy atom. The first-order valence-corrected chi connectivity index (χ1v) is 14.2. The summed E-state index contributed by atoms with van der Waals surface area (Å²) in [7, 11) is 0. The molecule has 1 fully saturated rings. The number of para-hydroxylation sites is 2. The van der Waals surface area contributed by atoms with Crippen molar-refractivity contribution in [1.29, 1.82) is 0 Å². The molecule has 1 amide bonds. The second kappa shape index (κ2) is 12.4. The molecule has 0 spiro atoms. The number of aliphatic imine (C=N–C) groups is 1. The average Bonchev–Trinajstić information content (AvgIpc) is 3.24. The van der Waals surface area contributed by atoms with Gasteiger partial charge in [-0.25, -0.2) is 4.99 Å². The standard InChI is InChI=1S/C32H27BrN2O3S/c1-3-37-28-19-24(18-27(33)30(28)38-21-23-16-14-22(2)15-17-23)20-29-31(36)35(26-12-8-5-9-13-26)32(39-29)34-25-10-6-4-7-11-25/h4-20H,3,21H2,1-2H3/b29-20-,34-32?. The van der Waals surface area contributed by atoms with Crippen LogP contribution in [0, 0.1) is 6.92 Å². The van der Waals surface area contributed by atoms with Crippen molar-refractivity contribution < 1.29 is 14.3 Å². The lowest BCUT2D eigenvalue weighted by Crippen LogP contribution is -2.28. The van der Waals surface area contributed by atoms with Crippen LogP contribution in [0.15, 0.2) is 111 Å². The molecule has 0 aliphatic carbocycles. The summed E-state index contributed by atoms with van der Waals surface area (Å²) in [6, 6.07) is 31.3. The topological polar surface area (TPSA) is 51.1 Å². The first-order valence-electron chi connectivity index (χ1n) is 12.6. The van der Waals surface area contributed by atoms with Crippen LogP contribution >= 0.6 is 27.7 Å². The van der Waals surface area contributed by atoms with Gasteiger partial charge in [-0.3, -0.25) is 9.69 Å². The second-order valence-electron chi connectivity index (χ2n) is 8.85. The number of amidine groups is 1. The third-order valence-corrected chi connectivity index (χ3v) is 7.49. The Morgan fingerprint density at radius 3 is 2.31 bits per heavy atom. The first kappa shape index (κ1) is 26.8. The van der Waals surface area contributed by atoms with Gasteiger partial charge in [-0.1, -0.05) is 66.2 Å². The highest BCUT2D eigenvalue weighted by atomic mass is 79.9. The lowest BCUT2D eigenvalue weighted by molar-refractivity contribution is -0.113. The fraction of sp³-hybridized carbons (Fsp3) is 0.125. The van der Waals surface area contributed by atoms with Crippen LogP contribution in [-0.2, 0) is 11.4 Å². The lowest BCUT2D eigenvalue weighted by Gasteiger charge is -2.15. The van der Waals surface area contributed by atoms with Gasteiger partial charge in [0.2, 0.25) is 0 Å². The maximum absolute atomic E-state index is 13.6. The van der Waals surface area contributed by atoms with Crippen molar-refractivity contribution in [3.63, 3.8) is 0 Å². The third kappa shape index (κ3) is 6.44. The molecule has 0 N–H and O–H groups in total. The minimum atomic E-state index is -0.130. The summed E-state index contributed by atoms with van der Waals surface area (Å²) in [5.41, 5.74) is 4.64. The number of carbonyl (C=O) groups excluding carboxylic acids is 1. The number of benzene rings is 4. The zero-order valence-corrected chi connectivity index (χ0v) is 24.0. The van der Waals surface area contributed by atoms with Gasteiger partial charge < -0.3 is 9.47 Å². The molecule has 4 aromatic rings. The molecule has 5 rings (SSSR count). The van der Waals surface area contributed by atoms with E-state index < -0.39 is 0 Å². The highest BCUT2D eigenvalue weighted by Gasteiger charge is 2.34. The van der Waals surface area contributed by atoms with E-state index in [2.05, 4.69) is 47.1 Å². The van der Waals surface area contributed by atoms with Crippen LogP contribution in [-0.4, -0.2) is 17.7 Å². The number of aryl methyl sites for hydroxylation is 1. The number of hydrogen-bond donors (Lipinski definition) is 0. The number of thioether (sulfide) groups is 1. The van der Waals surface area contributed by atoms with E-state index in [4.69, 9.17) is 14.5 Å². The number of hydrogen-bond acceptors (Lipinski definition) is 5. The zero-order chi connectivity index (χ0) is 27.2. The van der Waals surface area contributed by atoms with Crippen molar-refractivity contribution in [2.75, 3.05) is 11.5 Å². The minimum absolute atomic E-state index is 0.130. The van der Waals surface area contributed by atoms with Crippen LogP contribution in [0.5, 0.6) is 11.5 Å². The van der Waals surface area contributed by atoms with Gasteiger partial charge in [0.05, 0.1) is 27.4 Å². The molecule has 1 aliphatic heterocycles. The van der Waals surface area contributed by atoms with E-state index in [-0.39, 0.29) is 5.91 Å². The average molecular weight is 600 g/mol. The Labute approximate surface area is 241 Å². The predicted molar refractivity (Wildman–Crippen MR) is 164 cm³/mol. The molecular formula is C32H27BrN2O3S. The molecule has 0 saturated carbocycles. The fourth-order valence-corrected chi connectivity index (χ4v) is 5.61. The smallest absolute Gasteiger partial charge is 0.271 e. The van der Waals surface area contributed by atoms with Crippen molar-refractivity contribution >= 4 is 56.2 Å². The summed E-state index contributed by atoms with van der Waals surface area (Å²) >= 11 is 5.01. The molecule has 0 atom stereocenters. The lowest BCUT2D eigenvalue weighted by atomic mass is 10.1. The van der Waals surface area contributed by atoms with E-state index in [0.717, 1.165) is 27.0 Å². The van der Waals surface area contributed by atoms with Crippen LogP contribution in [0.25, 0.3) is 6.08 Å². The quantitative estimate of drug-likeness (QED) is 0.191. The number of anilines is 1. The Bertz CT molecular complexity index is 1520. The third-order valence-electron chi connectivity index (χ3n) is 5.93. The van der Waals surface area contributed by atoms with Gasteiger partial charge >= 0.3 is 0 Å². The monoisotopic (exact) mass is 598 g/mol. The molecule has 0 unspecified atom stereocenters. The Balaban J connectivity index is 1.47. The summed E-state index contributed by atoms with van der Waals surface area (Å²) < 4.78 is 12.8. The Morgan fingerprint density at radius 1 is 0.923 bits per heavy atom. The van der Waals surface area contributed by atoms with E-state index in [1.165, 1.54) is 17.3 Å². The molecule has 1 aliphatic rings. The maximum Gasteiger partial charge on any atom is 0.271 e. The maximum atomic E-state index is 13.6. The molecule has 39 heavy (non-hydrogen) atoms. The SMILES string of the molecule is CCOc1cc(/C=C2\SC(=Nc3ccccc3)N(c3ccccc3)C2=O)cc(Br)c1OCc1ccc(C)cc1. The number of rotatable bonds is 8. The van der Waals surface area contributed by atoms with Gasteiger partial charge in [-0.15, -0.1) is 0 Å². The predicted octanol–water partition coefficient (Wildman–Crippen LogP) is 8.54.